The molecule has 0 saturated carbocycles. The quantitative estimate of drug-likeness (QED) is 0.600. The second-order valence-electron chi connectivity index (χ2n) is 8.27. The normalized spacial score (nSPS) is 24.8. The van der Waals surface area contributed by atoms with Crippen molar-refractivity contribution < 1.29 is 0 Å². The molecule has 3 aromatic rings. The first kappa shape index (κ1) is 18.3. The highest BCUT2D eigenvalue weighted by Crippen LogP contribution is 2.47. The first-order valence-electron chi connectivity index (χ1n) is 10.0. The van der Waals surface area contributed by atoms with Gasteiger partial charge in [-0.15, -0.1) is 22.7 Å². The van der Waals surface area contributed by atoms with Crippen LogP contribution in [0.15, 0.2) is 47.4 Å². The van der Waals surface area contributed by atoms with E-state index in [9.17, 15) is 0 Å². The van der Waals surface area contributed by atoms with E-state index < -0.39 is 0 Å². The van der Waals surface area contributed by atoms with E-state index in [1.165, 1.54) is 40.8 Å². The van der Waals surface area contributed by atoms with Gasteiger partial charge in [-0.25, -0.2) is 9.97 Å². The molecular weight excluding hydrogens is 384 g/mol. The minimum absolute atomic E-state index is 0.361. The third-order valence-corrected chi connectivity index (χ3v) is 8.24. The van der Waals surface area contributed by atoms with Gasteiger partial charge < -0.3 is 4.90 Å². The van der Waals surface area contributed by atoms with Crippen LogP contribution in [0.3, 0.4) is 0 Å². The molecular formula is C22H26N4S2. The van der Waals surface area contributed by atoms with Crippen molar-refractivity contribution in [3.63, 3.8) is 0 Å². The Morgan fingerprint density at radius 2 is 2.00 bits per heavy atom. The number of benzene rings is 1. The van der Waals surface area contributed by atoms with E-state index >= 15 is 0 Å². The average molecular weight is 411 g/mol. The van der Waals surface area contributed by atoms with Gasteiger partial charge in [0.1, 0.15) is 0 Å². The molecule has 2 atom stereocenters. The molecule has 2 aromatic heterocycles. The average Bonchev–Trinajstić information content (AvgIpc) is 3.46. The first-order valence-corrected chi connectivity index (χ1v) is 11.8. The van der Waals surface area contributed by atoms with Gasteiger partial charge in [-0.1, -0.05) is 30.3 Å². The maximum absolute atomic E-state index is 4.59. The summed E-state index contributed by atoms with van der Waals surface area (Å²) in [5, 5.41) is 3.29. The zero-order valence-corrected chi connectivity index (χ0v) is 17.9. The number of rotatable bonds is 6. The molecule has 0 radical (unpaired) electrons. The molecule has 0 spiro atoms. The fourth-order valence-electron chi connectivity index (χ4n) is 5.01. The molecule has 4 nitrogen and oxygen atoms in total. The van der Waals surface area contributed by atoms with Gasteiger partial charge in [0.05, 0.1) is 11.2 Å². The van der Waals surface area contributed by atoms with Crippen LogP contribution in [-0.4, -0.2) is 41.0 Å². The predicted molar refractivity (Wildman–Crippen MR) is 117 cm³/mol. The number of aromatic nitrogens is 2. The molecule has 146 valence electrons. The Labute approximate surface area is 174 Å². The summed E-state index contributed by atoms with van der Waals surface area (Å²) in [5.41, 5.74) is 5.00. The third kappa shape index (κ3) is 3.49. The van der Waals surface area contributed by atoms with Crippen LogP contribution in [0.1, 0.15) is 22.6 Å². The van der Waals surface area contributed by atoms with Crippen LogP contribution in [0.25, 0.3) is 0 Å². The Morgan fingerprint density at radius 3 is 2.75 bits per heavy atom. The zero-order chi connectivity index (χ0) is 19.0. The largest absolute Gasteiger partial charge is 0.347 e. The molecule has 2 unspecified atom stereocenters. The molecule has 2 aliphatic heterocycles. The van der Waals surface area contributed by atoms with Crippen LogP contribution in [0, 0.1) is 18.3 Å². The molecule has 2 aliphatic rings. The number of hydrogen-bond acceptors (Lipinski definition) is 6. The van der Waals surface area contributed by atoms with E-state index in [1.54, 1.807) is 22.7 Å². The Hall–Kier alpha value is -1.76. The van der Waals surface area contributed by atoms with Crippen LogP contribution in [-0.2, 0) is 13.0 Å². The molecule has 5 rings (SSSR count). The molecule has 0 bridgehead atoms. The third-order valence-electron chi connectivity index (χ3n) is 6.49. The smallest absolute Gasteiger partial charge is 0.185 e. The molecule has 0 N–H and O–H groups in total. The summed E-state index contributed by atoms with van der Waals surface area (Å²) < 4.78 is 0. The van der Waals surface area contributed by atoms with Gasteiger partial charge in [-0.2, -0.15) is 0 Å². The summed E-state index contributed by atoms with van der Waals surface area (Å²) in [5.74, 6) is 0.716. The summed E-state index contributed by atoms with van der Waals surface area (Å²) in [4.78, 5) is 15.7. The van der Waals surface area contributed by atoms with Crippen molar-refractivity contribution in [2.75, 3.05) is 31.1 Å². The van der Waals surface area contributed by atoms with Gasteiger partial charge in [0.15, 0.2) is 5.13 Å². The lowest BCUT2D eigenvalue weighted by Gasteiger charge is -2.29. The second-order valence-corrected chi connectivity index (χ2v) is 10.1. The lowest BCUT2D eigenvalue weighted by Crippen LogP contribution is -2.34. The van der Waals surface area contributed by atoms with Crippen molar-refractivity contribution in [3.8, 4) is 0 Å². The van der Waals surface area contributed by atoms with Crippen LogP contribution >= 0.6 is 22.7 Å². The number of hydrogen-bond donors (Lipinski definition) is 0. The van der Waals surface area contributed by atoms with E-state index in [-0.39, 0.29) is 0 Å². The zero-order valence-electron chi connectivity index (χ0n) is 16.3. The Morgan fingerprint density at radius 1 is 1.11 bits per heavy atom. The fraction of sp³-hybridized carbons (Fsp3) is 0.455. The van der Waals surface area contributed by atoms with Crippen LogP contribution in [0.5, 0.6) is 0 Å². The van der Waals surface area contributed by atoms with E-state index in [0.717, 1.165) is 26.1 Å². The number of thiazole rings is 2. The molecule has 1 aromatic carbocycles. The molecule has 0 amide bonds. The van der Waals surface area contributed by atoms with E-state index in [2.05, 4.69) is 62.4 Å². The van der Waals surface area contributed by atoms with Crippen molar-refractivity contribution in [2.24, 2.45) is 11.3 Å². The van der Waals surface area contributed by atoms with Crippen LogP contribution in [0.2, 0.25) is 0 Å². The molecule has 0 aliphatic carbocycles. The van der Waals surface area contributed by atoms with E-state index in [1.807, 2.05) is 11.7 Å². The highest BCUT2D eigenvalue weighted by atomic mass is 32.1. The Balaban J connectivity index is 1.34. The summed E-state index contributed by atoms with van der Waals surface area (Å²) in [6.45, 7) is 7.84. The van der Waals surface area contributed by atoms with Crippen LogP contribution < -0.4 is 4.90 Å². The summed E-state index contributed by atoms with van der Waals surface area (Å²) >= 11 is 3.57. The standard InChI is InChI=1S/C22H26N4S2/c1-17-20(28-16-24-17)13-25-11-19-12-26(21-23-9-10-27-21)15-22(19,14-25)8-7-18-5-3-2-4-6-18/h2-6,9-10,16,19H,7-8,11-15H2,1H3. The van der Waals surface area contributed by atoms with Gasteiger partial charge in [0.2, 0.25) is 0 Å². The number of nitrogens with zero attached hydrogens (tertiary/aromatic N) is 4. The van der Waals surface area contributed by atoms with Crippen molar-refractivity contribution in [3.05, 3.63) is 63.6 Å². The second kappa shape index (κ2) is 7.58. The Kier molecular flexibility index (Phi) is 4.95. The SMILES string of the molecule is Cc1ncsc1CN1CC2CN(c3nccs3)CC2(CCc2ccccc2)C1. The number of anilines is 1. The van der Waals surface area contributed by atoms with Gasteiger partial charge in [-0.3, -0.25) is 4.90 Å². The van der Waals surface area contributed by atoms with E-state index in [4.69, 9.17) is 0 Å². The summed E-state index contributed by atoms with van der Waals surface area (Å²) in [6.07, 6.45) is 4.35. The lowest BCUT2D eigenvalue weighted by molar-refractivity contribution is 0.241. The van der Waals surface area contributed by atoms with Crippen LogP contribution in [0.4, 0.5) is 5.13 Å². The molecule has 28 heavy (non-hydrogen) atoms. The predicted octanol–water partition coefficient (Wildman–Crippen LogP) is 4.48. The topological polar surface area (TPSA) is 32.3 Å². The van der Waals surface area contributed by atoms with Gasteiger partial charge in [0, 0.05) is 54.6 Å². The number of aryl methyl sites for hydroxylation is 2. The summed E-state index contributed by atoms with van der Waals surface area (Å²) in [6, 6.07) is 11.0. The molecule has 2 fully saturated rings. The van der Waals surface area contributed by atoms with Gasteiger partial charge >= 0.3 is 0 Å². The fourth-order valence-corrected chi connectivity index (χ4v) is 6.48. The summed E-state index contributed by atoms with van der Waals surface area (Å²) in [7, 11) is 0. The Bertz CT molecular complexity index is 908. The monoisotopic (exact) mass is 410 g/mol. The van der Waals surface area contributed by atoms with Gasteiger partial charge in [0.25, 0.3) is 0 Å². The number of fused-ring (bicyclic) bond motifs is 1. The minimum Gasteiger partial charge on any atom is -0.347 e. The van der Waals surface area contributed by atoms with Crippen molar-refractivity contribution in [2.45, 2.75) is 26.3 Å². The number of likely N-dealkylation sites (tertiary alicyclic amines) is 1. The first-order chi connectivity index (χ1) is 13.7. The van der Waals surface area contributed by atoms with Gasteiger partial charge in [-0.05, 0) is 31.2 Å². The highest BCUT2D eigenvalue weighted by molar-refractivity contribution is 7.13. The van der Waals surface area contributed by atoms with Crippen molar-refractivity contribution in [1.29, 1.82) is 0 Å². The minimum atomic E-state index is 0.361. The van der Waals surface area contributed by atoms with E-state index in [0.29, 0.717) is 11.3 Å². The molecule has 2 saturated heterocycles. The lowest BCUT2D eigenvalue weighted by atomic mass is 9.76. The molecule has 4 heterocycles. The maximum Gasteiger partial charge on any atom is 0.185 e. The van der Waals surface area contributed by atoms with Crippen molar-refractivity contribution >= 4 is 27.8 Å². The highest BCUT2D eigenvalue weighted by Gasteiger charge is 2.52. The maximum atomic E-state index is 4.59. The molecule has 6 heteroatoms. The van der Waals surface area contributed by atoms with Crippen molar-refractivity contribution in [1.82, 2.24) is 14.9 Å².